The van der Waals surface area contributed by atoms with Crippen LogP contribution in [0.3, 0.4) is 0 Å². The molecular weight excluding hydrogens is 474 g/mol. The number of aliphatic hydroxyl groups excluding tert-OH is 1. The highest BCUT2D eigenvalue weighted by Gasteiger charge is 2.15. The maximum Gasteiger partial charge on any atom is 0.224 e. The van der Waals surface area contributed by atoms with Crippen LogP contribution in [0, 0.1) is 11.3 Å². The number of hydrogen-bond donors (Lipinski definition) is 6. The van der Waals surface area contributed by atoms with Gasteiger partial charge in [-0.25, -0.2) is 0 Å². The van der Waals surface area contributed by atoms with Gasteiger partial charge >= 0.3 is 0 Å². The summed E-state index contributed by atoms with van der Waals surface area (Å²) in [4.78, 5) is 47.9. The molecule has 0 radical (unpaired) electrons. The van der Waals surface area contributed by atoms with Gasteiger partial charge in [0.15, 0.2) is 0 Å². The number of anilines is 1. The number of benzene rings is 1. The lowest BCUT2D eigenvalue weighted by Crippen LogP contribution is -2.36. The number of rotatable bonds is 19. The van der Waals surface area contributed by atoms with Gasteiger partial charge < -0.3 is 26.8 Å². The molecule has 1 rings (SSSR count). The predicted octanol–water partition coefficient (Wildman–Crippen LogP) is 2.63. The number of amides is 3. The number of nitrogen functional groups attached to an aromatic ring is 1. The SMILES string of the molecule is CCC(=O)NC(CCCCNC(=O)CCCC(=O)CCC(=O)Nc1ccc(C(=N)N)cc1)CC(C)CO. The molecule has 0 spiro atoms. The van der Waals surface area contributed by atoms with Crippen LogP contribution in [0.5, 0.6) is 0 Å². The fourth-order valence-electron chi connectivity index (χ4n) is 3.75. The summed E-state index contributed by atoms with van der Waals surface area (Å²) >= 11 is 0. The first-order valence-corrected chi connectivity index (χ1v) is 13.1. The molecule has 10 nitrogen and oxygen atoms in total. The Balaban J connectivity index is 2.16. The van der Waals surface area contributed by atoms with Gasteiger partial charge in [-0.1, -0.05) is 13.8 Å². The van der Waals surface area contributed by atoms with Gasteiger partial charge in [-0.3, -0.25) is 24.6 Å². The van der Waals surface area contributed by atoms with Crippen molar-refractivity contribution < 1.29 is 24.3 Å². The number of Topliss-reactive ketones (excluding diaryl/α,β-unsaturated/α-hetero) is 1. The number of carbonyl (C=O) groups is 4. The van der Waals surface area contributed by atoms with Crippen LogP contribution in [-0.4, -0.2) is 53.6 Å². The molecule has 0 heterocycles. The Bertz CT molecular complexity index is 888. The summed E-state index contributed by atoms with van der Waals surface area (Å²) in [5, 5.41) is 25.2. The predicted molar refractivity (Wildman–Crippen MR) is 144 cm³/mol. The van der Waals surface area contributed by atoms with Crippen molar-refractivity contribution in [3.05, 3.63) is 29.8 Å². The molecule has 0 bridgehead atoms. The van der Waals surface area contributed by atoms with Crippen LogP contribution in [0.25, 0.3) is 0 Å². The minimum Gasteiger partial charge on any atom is -0.396 e. The lowest BCUT2D eigenvalue weighted by molar-refractivity contribution is -0.124. The molecule has 1 aromatic rings. The molecule has 206 valence electrons. The Labute approximate surface area is 219 Å². The summed E-state index contributed by atoms with van der Waals surface area (Å²) < 4.78 is 0. The van der Waals surface area contributed by atoms with E-state index in [4.69, 9.17) is 11.1 Å². The first-order chi connectivity index (χ1) is 17.6. The molecule has 10 heteroatoms. The van der Waals surface area contributed by atoms with Gasteiger partial charge in [0, 0.05) is 62.5 Å². The maximum absolute atomic E-state index is 12.1. The number of amidine groups is 1. The van der Waals surface area contributed by atoms with Gasteiger partial charge in [-0.2, -0.15) is 0 Å². The topological polar surface area (TPSA) is 174 Å². The molecule has 7 N–H and O–H groups in total. The van der Waals surface area contributed by atoms with Gasteiger partial charge in [0.05, 0.1) is 0 Å². The number of ketones is 1. The van der Waals surface area contributed by atoms with Crippen molar-refractivity contribution in [1.29, 1.82) is 5.41 Å². The van der Waals surface area contributed by atoms with Gasteiger partial charge in [0.25, 0.3) is 0 Å². The molecule has 1 aromatic carbocycles. The highest BCUT2D eigenvalue weighted by molar-refractivity contribution is 5.97. The average molecular weight is 518 g/mol. The third kappa shape index (κ3) is 14.8. The van der Waals surface area contributed by atoms with Crippen molar-refractivity contribution in [1.82, 2.24) is 10.6 Å². The van der Waals surface area contributed by atoms with Crippen molar-refractivity contribution in [2.24, 2.45) is 11.7 Å². The van der Waals surface area contributed by atoms with Gasteiger partial charge in [-0.15, -0.1) is 0 Å². The molecule has 0 saturated heterocycles. The number of hydrogen-bond acceptors (Lipinski definition) is 6. The van der Waals surface area contributed by atoms with E-state index in [-0.39, 0.29) is 73.6 Å². The highest BCUT2D eigenvalue weighted by Crippen LogP contribution is 2.12. The summed E-state index contributed by atoms with van der Waals surface area (Å²) in [6, 6.07) is 6.59. The van der Waals surface area contributed by atoms with E-state index in [2.05, 4.69) is 16.0 Å². The molecule has 3 amide bonds. The quantitative estimate of drug-likeness (QED) is 0.0934. The van der Waals surface area contributed by atoms with Gasteiger partial charge in [0.1, 0.15) is 11.6 Å². The molecule has 0 saturated carbocycles. The fraction of sp³-hybridized carbons (Fsp3) is 0.593. The summed E-state index contributed by atoms with van der Waals surface area (Å²) in [6.07, 6.45) is 4.67. The minimum absolute atomic E-state index is 0.000870. The number of carbonyl (C=O) groups excluding carboxylic acids is 4. The molecule has 0 fully saturated rings. The summed E-state index contributed by atoms with van der Waals surface area (Å²) in [5.41, 5.74) is 6.53. The third-order valence-corrected chi connectivity index (χ3v) is 5.96. The molecular formula is C27H43N5O5. The Morgan fingerprint density at radius 3 is 2.27 bits per heavy atom. The molecule has 0 aliphatic carbocycles. The zero-order valence-corrected chi connectivity index (χ0v) is 22.1. The van der Waals surface area contributed by atoms with E-state index >= 15 is 0 Å². The third-order valence-electron chi connectivity index (χ3n) is 5.96. The van der Waals surface area contributed by atoms with Gasteiger partial charge in [-0.05, 0) is 62.3 Å². The van der Waals surface area contributed by atoms with Crippen LogP contribution in [0.15, 0.2) is 24.3 Å². The van der Waals surface area contributed by atoms with Crippen LogP contribution in [0.4, 0.5) is 5.69 Å². The Kier molecular flexibility index (Phi) is 15.5. The second-order valence-corrected chi connectivity index (χ2v) is 9.42. The monoisotopic (exact) mass is 517 g/mol. The zero-order valence-electron chi connectivity index (χ0n) is 22.1. The van der Waals surface area contributed by atoms with Crippen LogP contribution in [0.2, 0.25) is 0 Å². The number of nitrogens with two attached hydrogens (primary N) is 1. The standard InChI is InChI=1S/C27H43N5O5/c1-3-24(35)32-22(17-19(2)18-33)7-4-5-16-30-25(36)9-6-8-23(34)14-15-26(37)31-21-12-10-20(11-13-21)27(28)29/h10-13,19,22,33H,3-9,14-18H2,1-2H3,(H3,28,29)(H,30,36)(H,31,37)(H,32,35). The molecule has 0 aliphatic heterocycles. The van der Waals surface area contributed by atoms with Crippen molar-refractivity contribution in [2.75, 3.05) is 18.5 Å². The number of nitrogens with one attached hydrogen (secondary N) is 4. The van der Waals surface area contributed by atoms with Crippen molar-refractivity contribution in [3.63, 3.8) is 0 Å². The van der Waals surface area contributed by atoms with E-state index in [0.717, 1.165) is 25.7 Å². The largest absolute Gasteiger partial charge is 0.396 e. The average Bonchev–Trinajstić information content (AvgIpc) is 2.87. The second-order valence-electron chi connectivity index (χ2n) is 9.42. The second kappa shape index (κ2) is 18.0. The lowest BCUT2D eigenvalue weighted by atomic mass is 9.98. The Morgan fingerprint density at radius 2 is 1.65 bits per heavy atom. The summed E-state index contributed by atoms with van der Waals surface area (Å²) in [5.74, 6) is -0.381. The summed E-state index contributed by atoms with van der Waals surface area (Å²) in [7, 11) is 0. The molecule has 2 atom stereocenters. The molecule has 0 aliphatic rings. The lowest BCUT2D eigenvalue weighted by Gasteiger charge is -2.21. The van der Waals surface area contributed by atoms with E-state index in [1.165, 1.54) is 0 Å². The Morgan fingerprint density at radius 1 is 0.946 bits per heavy atom. The van der Waals surface area contributed by atoms with E-state index in [1.54, 1.807) is 31.2 Å². The van der Waals surface area contributed by atoms with E-state index in [0.29, 0.717) is 30.6 Å². The van der Waals surface area contributed by atoms with Crippen LogP contribution in [-0.2, 0) is 19.2 Å². The minimum atomic E-state index is -0.274. The van der Waals surface area contributed by atoms with Gasteiger partial charge in [0.2, 0.25) is 17.7 Å². The van der Waals surface area contributed by atoms with Crippen LogP contribution >= 0.6 is 0 Å². The zero-order chi connectivity index (χ0) is 27.6. The van der Waals surface area contributed by atoms with Crippen molar-refractivity contribution in [3.8, 4) is 0 Å². The van der Waals surface area contributed by atoms with E-state index < -0.39 is 0 Å². The summed E-state index contributed by atoms with van der Waals surface area (Å²) in [6.45, 7) is 4.37. The maximum atomic E-state index is 12.1. The molecule has 0 aromatic heterocycles. The Hall–Kier alpha value is -3.27. The highest BCUT2D eigenvalue weighted by atomic mass is 16.3. The van der Waals surface area contributed by atoms with E-state index in [9.17, 15) is 24.3 Å². The van der Waals surface area contributed by atoms with Crippen LogP contribution < -0.4 is 21.7 Å². The fourth-order valence-corrected chi connectivity index (χ4v) is 3.75. The van der Waals surface area contributed by atoms with E-state index in [1.807, 2.05) is 6.92 Å². The van der Waals surface area contributed by atoms with Crippen LogP contribution in [0.1, 0.15) is 83.6 Å². The van der Waals surface area contributed by atoms with Crippen molar-refractivity contribution >= 4 is 35.0 Å². The number of unbranched alkanes of at least 4 members (excludes halogenated alkanes) is 1. The van der Waals surface area contributed by atoms with Crippen molar-refractivity contribution in [2.45, 2.75) is 84.1 Å². The molecule has 37 heavy (non-hydrogen) atoms. The number of aliphatic hydroxyl groups is 1. The first-order valence-electron chi connectivity index (χ1n) is 13.1. The molecule has 2 unspecified atom stereocenters. The normalized spacial score (nSPS) is 12.3. The first kappa shape index (κ1) is 31.8. The smallest absolute Gasteiger partial charge is 0.224 e.